The number of esters is 1. The van der Waals surface area contributed by atoms with E-state index in [2.05, 4.69) is 38.2 Å². The van der Waals surface area contributed by atoms with Crippen LogP contribution >= 0.6 is 0 Å². The van der Waals surface area contributed by atoms with E-state index in [0.717, 1.165) is 83.8 Å². The smallest absolute Gasteiger partial charge is 0.305 e. The standard InChI is InChI=1S/C32H54O7/c1-4-5-12-20-32(2,39-31-18-11-14-23-37-31)21-19-26-25(15-8-6-7-9-16-29(34)35-3)27(33)24-28(26)38-30-17-10-13-22-36-30/h6,8,19,21,25-28,30-31,33H,4-5,7,9-18,20,22-24H2,1-3H3/b8-6-,21-19+/t25-,26-,27+,28-,30?,31?,32+/m1/s1. The molecular weight excluding hydrogens is 496 g/mol. The molecule has 0 spiro atoms. The van der Waals surface area contributed by atoms with E-state index in [1.54, 1.807) is 0 Å². The Morgan fingerprint density at radius 1 is 1.03 bits per heavy atom. The zero-order valence-electron chi connectivity index (χ0n) is 24.7. The molecule has 1 aliphatic carbocycles. The van der Waals surface area contributed by atoms with Gasteiger partial charge < -0.3 is 28.8 Å². The van der Waals surface area contributed by atoms with Crippen molar-refractivity contribution < 1.29 is 33.6 Å². The number of unbranched alkanes of at least 4 members (excludes halogenated alkanes) is 3. The average Bonchev–Trinajstić information content (AvgIpc) is 3.23. The van der Waals surface area contributed by atoms with Gasteiger partial charge in [-0.05, 0) is 77.0 Å². The minimum atomic E-state index is -0.443. The summed E-state index contributed by atoms with van der Waals surface area (Å²) in [6.45, 7) is 5.91. The highest BCUT2D eigenvalue weighted by Crippen LogP contribution is 2.40. The number of rotatable bonds is 16. The largest absolute Gasteiger partial charge is 0.469 e. The summed E-state index contributed by atoms with van der Waals surface area (Å²) in [6, 6.07) is 0. The van der Waals surface area contributed by atoms with E-state index in [1.165, 1.54) is 20.0 Å². The van der Waals surface area contributed by atoms with Gasteiger partial charge in [-0.15, -0.1) is 0 Å². The Morgan fingerprint density at radius 3 is 2.44 bits per heavy atom. The van der Waals surface area contributed by atoms with Crippen LogP contribution in [-0.2, 0) is 28.5 Å². The maximum absolute atomic E-state index is 11.4. The van der Waals surface area contributed by atoms with Crippen LogP contribution in [0.1, 0.15) is 110 Å². The molecule has 0 radical (unpaired) electrons. The summed E-state index contributed by atoms with van der Waals surface area (Å²) in [5, 5.41) is 11.1. The number of hydrogen-bond acceptors (Lipinski definition) is 7. The molecule has 224 valence electrons. The third kappa shape index (κ3) is 11.3. The fourth-order valence-corrected chi connectivity index (χ4v) is 6.01. The van der Waals surface area contributed by atoms with Gasteiger partial charge in [0.25, 0.3) is 0 Å². The van der Waals surface area contributed by atoms with Crippen LogP contribution in [0.15, 0.2) is 24.3 Å². The van der Waals surface area contributed by atoms with Crippen LogP contribution in [0.4, 0.5) is 0 Å². The van der Waals surface area contributed by atoms with Gasteiger partial charge in [-0.1, -0.05) is 50.5 Å². The fourth-order valence-electron chi connectivity index (χ4n) is 6.01. The summed E-state index contributed by atoms with van der Waals surface area (Å²) in [5.74, 6) is -0.0586. The molecule has 0 aromatic carbocycles. The van der Waals surface area contributed by atoms with Gasteiger partial charge in [-0.2, -0.15) is 0 Å². The second-order valence-electron chi connectivity index (χ2n) is 11.7. The van der Waals surface area contributed by atoms with E-state index in [9.17, 15) is 9.90 Å². The summed E-state index contributed by atoms with van der Waals surface area (Å²) in [7, 11) is 1.42. The van der Waals surface area contributed by atoms with Crippen LogP contribution in [0.25, 0.3) is 0 Å². The number of methoxy groups -OCH3 is 1. The number of aliphatic hydroxyl groups is 1. The summed E-state index contributed by atoms with van der Waals surface area (Å²) in [4.78, 5) is 11.4. The zero-order chi connectivity index (χ0) is 27.9. The van der Waals surface area contributed by atoms with Gasteiger partial charge in [0.1, 0.15) is 0 Å². The van der Waals surface area contributed by atoms with E-state index in [4.69, 9.17) is 23.7 Å². The van der Waals surface area contributed by atoms with Crippen LogP contribution in [0.5, 0.6) is 0 Å². The SMILES string of the molecule is CCCCC[C@@](C)(/C=C/[C@@H]1[C@@H](C/C=C\CCCC(=O)OC)[C@@H](O)C[C@H]1OC1CCCCO1)OC1CCCCO1. The van der Waals surface area contributed by atoms with E-state index >= 15 is 0 Å². The first-order valence-corrected chi connectivity index (χ1v) is 15.6. The average molecular weight is 551 g/mol. The Labute approximate surface area is 236 Å². The maximum Gasteiger partial charge on any atom is 0.305 e. The molecule has 7 heteroatoms. The first-order valence-electron chi connectivity index (χ1n) is 15.6. The van der Waals surface area contributed by atoms with E-state index in [-0.39, 0.29) is 36.5 Å². The summed E-state index contributed by atoms with van der Waals surface area (Å²) in [5.41, 5.74) is -0.426. The van der Waals surface area contributed by atoms with Gasteiger partial charge in [0.2, 0.25) is 0 Å². The summed E-state index contributed by atoms with van der Waals surface area (Å²) >= 11 is 0. The topological polar surface area (TPSA) is 83.5 Å². The molecule has 0 amide bonds. The molecule has 0 aromatic rings. The van der Waals surface area contributed by atoms with Gasteiger partial charge in [0.15, 0.2) is 12.6 Å². The molecule has 1 N–H and O–H groups in total. The normalized spacial score (nSPS) is 31.6. The van der Waals surface area contributed by atoms with Crippen molar-refractivity contribution in [3.63, 3.8) is 0 Å². The predicted molar refractivity (Wildman–Crippen MR) is 152 cm³/mol. The molecule has 2 aliphatic heterocycles. The lowest BCUT2D eigenvalue weighted by molar-refractivity contribution is -0.208. The van der Waals surface area contributed by atoms with Crippen LogP contribution in [0.2, 0.25) is 0 Å². The predicted octanol–water partition coefficient (Wildman–Crippen LogP) is 6.62. The van der Waals surface area contributed by atoms with Crippen molar-refractivity contribution in [2.45, 2.75) is 141 Å². The van der Waals surface area contributed by atoms with E-state index < -0.39 is 11.7 Å². The van der Waals surface area contributed by atoms with Crippen molar-refractivity contribution in [3.05, 3.63) is 24.3 Å². The summed E-state index contributed by atoms with van der Waals surface area (Å²) < 4.78 is 29.7. The molecule has 3 aliphatic rings. The molecule has 2 heterocycles. The van der Waals surface area contributed by atoms with Gasteiger partial charge in [-0.25, -0.2) is 0 Å². The number of aliphatic hydroxyl groups excluding tert-OH is 1. The Balaban J connectivity index is 1.71. The second kappa shape index (κ2) is 17.5. The molecule has 3 fully saturated rings. The minimum Gasteiger partial charge on any atom is -0.469 e. The highest BCUT2D eigenvalue weighted by molar-refractivity contribution is 5.69. The molecule has 3 rings (SSSR count). The fraction of sp³-hybridized carbons (Fsp3) is 0.844. The quantitative estimate of drug-likeness (QED) is 0.131. The molecule has 2 unspecified atom stereocenters. The molecule has 0 aromatic heterocycles. The van der Waals surface area contributed by atoms with Crippen LogP contribution < -0.4 is 0 Å². The van der Waals surface area contributed by atoms with E-state index in [0.29, 0.717) is 12.8 Å². The molecule has 1 saturated carbocycles. The van der Waals surface area contributed by atoms with Crippen molar-refractivity contribution in [2.75, 3.05) is 20.3 Å². The lowest BCUT2D eigenvalue weighted by atomic mass is 9.87. The molecule has 7 atom stereocenters. The number of carbonyl (C=O) groups excluding carboxylic acids is 1. The van der Waals surface area contributed by atoms with Crippen molar-refractivity contribution in [2.24, 2.45) is 11.8 Å². The lowest BCUT2D eigenvalue weighted by Crippen LogP contribution is -2.36. The first-order chi connectivity index (χ1) is 18.9. The Kier molecular flexibility index (Phi) is 14.5. The lowest BCUT2D eigenvalue weighted by Gasteiger charge is -2.34. The van der Waals surface area contributed by atoms with Crippen molar-refractivity contribution in [1.82, 2.24) is 0 Å². The first kappa shape index (κ1) is 32.3. The van der Waals surface area contributed by atoms with Crippen LogP contribution in [0, 0.1) is 11.8 Å². The third-order valence-corrected chi connectivity index (χ3v) is 8.40. The maximum atomic E-state index is 11.4. The zero-order valence-corrected chi connectivity index (χ0v) is 24.7. The molecule has 7 nitrogen and oxygen atoms in total. The summed E-state index contributed by atoms with van der Waals surface area (Å²) in [6.07, 6.45) is 21.9. The van der Waals surface area contributed by atoms with Gasteiger partial charge in [0, 0.05) is 32.0 Å². The highest BCUT2D eigenvalue weighted by Gasteiger charge is 2.43. The van der Waals surface area contributed by atoms with Crippen LogP contribution in [0.3, 0.4) is 0 Å². The molecular formula is C32H54O7. The van der Waals surface area contributed by atoms with Crippen molar-refractivity contribution in [3.8, 4) is 0 Å². The second-order valence-corrected chi connectivity index (χ2v) is 11.7. The number of allylic oxidation sites excluding steroid dienone is 2. The highest BCUT2D eigenvalue weighted by atomic mass is 16.7. The molecule has 0 bridgehead atoms. The van der Waals surface area contributed by atoms with E-state index in [1.807, 2.05) is 0 Å². The molecule has 39 heavy (non-hydrogen) atoms. The van der Waals surface area contributed by atoms with Gasteiger partial charge in [-0.3, -0.25) is 4.79 Å². The van der Waals surface area contributed by atoms with Gasteiger partial charge in [0.05, 0.1) is 24.9 Å². The van der Waals surface area contributed by atoms with Crippen molar-refractivity contribution >= 4 is 5.97 Å². The minimum absolute atomic E-state index is 0.0533. The Morgan fingerprint density at radius 2 is 1.77 bits per heavy atom. The van der Waals surface area contributed by atoms with Gasteiger partial charge >= 0.3 is 5.97 Å². The third-order valence-electron chi connectivity index (χ3n) is 8.40. The monoisotopic (exact) mass is 550 g/mol. The van der Waals surface area contributed by atoms with Crippen LogP contribution in [-0.4, -0.2) is 61.8 Å². The molecule has 2 saturated heterocycles. The Hall–Kier alpha value is -1.25. The number of carbonyl (C=O) groups is 1. The number of ether oxygens (including phenoxy) is 5. The van der Waals surface area contributed by atoms with Crippen molar-refractivity contribution in [1.29, 1.82) is 0 Å². The Bertz CT molecular complexity index is 741. The number of hydrogen-bond donors (Lipinski definition) is 1.